The highest BCUT2D eigenvalue weighted by Crippen LogP contribution is 2.58. The lowest BCUT2D eigenvalue weighted by Gasteiger charge is -2.18. The van der Waals surface area contributed by atoms with Crippen molar-refractivity contribution >= 4 is 21.8 Å². The van der Waals surface area contributed by atoms with Crippen molar-refractivity contribution in [3.05, 3.63) is 187 Å². The van der Waals surface area contributed by atoms with Crippen molar-refractivity contribution in [1.82, 2.24) is 4.57 Å². The summed E-state index contributed by atoms with van der Waals surface area (Å²) in [5, 5.41) is 108. The van der Waals surface area contributed by atoms with Crippen molar-refractivity contribution in [1.29, 1.82) is 0 Å². The maximum absolute atomic E-state index is 11.0. The number of aromatic hydroxyl groups is 10. The molecule has 11 heteroatoms. The highest BCUT2D eigenvalue weighted by atomic mass is 16.4. The third kappa shape index (κ3) is 8.55. The van der Waals surface area contributed by atoms with Crippen LogP contribution in [-0.2, 0) is 0 Å². The third-order valence-corrected chi connectivity index (χ3v) is 11.6. The molecule has 10 aromatic rings. The molecule has 340 valence electrons. The van der Waals surface area contributed by atoms with E-state index in [1.54, 1.807) is 0 Å². The molecule has 68 heavy (non-hydrogen) atoms. The highest BCUT2D eigenvalue weighted by Gasteiger charge is 2.29. The van der Waals surface area contributed by atoms with E-state index in [1.807, 2.05) is 133 Å². The Bertz CT molecular complexity index is 3310. The summed E-state index contributed by atoms with van der Waals surface area (Å²) in [6.07, 6.45) is 0. The van der Waals surface area contributed by atoms with Crippen LogP contribution >= 0.6 is 0 Å². The predicted octanol–water partition coefficient (Wildman–Crippen LogP) is 12.8. The van der Waals surface area contributed by atoms with Gasteiger partial charge in [-0.05, 0) is 84.5 Å². The van der Waals surface area contributed by atoms with E-state index in [4.69, 9.17) is 0 Å². The number of phenols is 10. The average molecular weight is 906 g/mol. The average Bonchev–Trinajstić information content (AvgIpc) is 3.68. The first-order valence-corrected chi connectivity index (χ1v) is 21.4. The molecule has 0 bridgehead atoms. The van der Waals surface area contributed by atoms with Crippen LogP contribution in [0.5, 0.6) is 57.5 Å². The van der Waals surface area contributed by atoms with Gasteiger partial charge in [0.25, 0.3) is 0 Å². The molecule has 0 atom stereocenters. The van der Waals surface area contributed by atoms with Crippen LogP contribution in [0.15, 0.2) is 170 Å². The van der Waals surface area contributed by atoms with Gasteiger partial charge in [0.2, 0.25) is 34.5 Å². The SMILES string of the molecule is Cc1cccc(-c2ccccc2-c2ccc3c4ccccc4n(-c4cc(-c5c(O)c(O)c(O)c(O)c5O)cc(-c5c(O)c(O)c(O)c(O)c5O)c4)c3c2)c1.Cc1ccccc1.Cc1ccccc1. The fourth-order valence-corrected chi connectivity index (χ4v) is 8.23. The Morgan fingerprint density at radius 1 is 0.279 bits per heavy atom. The zero-order chi connectivity index (χ0) is 48.4. The number of aromatic nitrogens is 1. The summed E-state index contributed by atoms with van der Waals surface area (Å²) in [7, 11) is 0. The van der Waals surface area contributed by atoms with E-state index in [9.17, 15) is 51.1 Å². The molecule has 0 aliphatic rings. The summed E-state index contributed by atoms with van der Waals surface area (Å²) in [4.78, 5) is 0. The van der Waals surface area contributed by atoms with Crippen LogP contribution in [0, 0.1) is 20.8 Å². The minimum Gasteiger partial charge on any atom is -0.504 e. The Balaban J connectivity index is 0.000000382. The van der Waals surface area contributed by atoms with E-state index >= 15 is 0 Å². The standard InChI is InChI=1S/C43H31NO10.2C7H8/c1-20-7-6-8-21(15-20)26-9-2-3-10-27(26)22-13-14-29-28-11-4-5-12-30(28)44(31(29)19-22)25-17-23(32-34(45)38(49)42(53)39(50)35(32)46)16-24(18-25)33-36(47)40(51)43(54)41(52)37(33)48;2*1-7-5-3-2-4-6-7/h2-19,45-54H,1H3;2*2-6H,1H3. The fraction of sp³-hybridized carbons (Fsp3) is 0.0526. The Hall–Kier alpha value is -9.22. The van der Waals surface area contributed by atoms with Crippen LogP contribution in [0.1, 0.15) is 16.7 Å². The second-order valence-electron chi connectivity index (χ2n) is 16.3. The van der Waals surface area contributed by atoms with Gasteiger partial charge in [-0.1, -0.05) is 156 Å². The van der Waals surface area contributed by atoms with Gasteiger partial charge in [-0.15, -0.1) is 0 Å². The number of nitrogens with zero attached hydrogens (tertiary/aromatic N) is 1. The first-order chi connectivity index (χ1) is 32.7. The van der Waals surface area contributed by atoms with Gasteiger partial charge < -0.3 is 55.6 Å². The van der Waals surface area contributed by atoms with E-state index in [0.717, 1.165) is 38.6 Å². The van der Waals surface area contributed by atoms with Crippen LogP contribution in [-0.4, -0.2) is 55.6 Å². The Labute approximate surface area is 391 Å². The summed E-state index contributed by atoms with van der Waals surface area (Å²) < 4.78 is 1.85. The Morgan fingerprint density at radius 3 is 1.13 bits per heavy atom. The summed E-state index contributed by atoms with van der Waals surface area (Å²) in [5.74, 6) is -10.9. The molecule has 0 radical (unpaired) electrons. The maximum Gasteiger partial charge on any atom is 0.208 e. The van der Waals surface area contributed by atoms with Gasteiger partial charge in [0.15, 0.2) is 23.0 Å². The van der Waals surface area contributed by atoms with E-state index in [2.05, 4.69) is 44.2 Å². The summed E-state index contributed by atoms with van der Waals surface area (Å²) >= 11 is 0. The van der Waals surface area contributed by atoms with Crippen molar-refractivity contribution < 1.29 is 51.1 Å². The number of para-hydroxylation sites is 1. The zero-order valence-corrected chi connectivity index (χ0v) is 37.1. The largest absolute Gasteiger partial charge is 0.504 e. The van der Waals surface area contributed by atoms with Crippen LogP contribution in [0.2, 0.25) is 0 Å². The van der Waals surface area contributed by atoms with Gasteiger partial charge >= 0.3 is 0 Å². The summed E-state index contributed by atoms with van der Waals surface area (Å²) in [6, 6.07) is 54.4. The molecule has 0 saturated heterocycles. The number of rotatable bonds is 5. The number of hydrogen-bond donors (Lipinski definition) is 10. The molecule has 1 heterocycles. The van der Waals surface area contributed by atoms with Gasteiger partial charge in [-0.2, -0.15) is 0 Å². The normalized spacial score (nSPS) is 10.9. The van der Waals surface area contributed by atoms with E-state index in [0.29, 0.717) is 11.0 Å². The van der Waals surface area contributed by atoms with Crippen LogP contribution in [0.3, 0.4) is 0 Å². The molecule has 10 N–H and O–H groups in total. The first kappa shape index (κ1) is 45.4. The minimum atomic E-state index is -1.17. The van der Waals surface area contributed by atoms with E-state index < -0.39 is 68.6 Å². The van der Waals surface area contributed by atoms with E-state index in [-0.39, 0.29) is 16.8 Å². The van der Waals surface area contributed by atoms with Gasteiger partial charge in [0, 0.05) is 16.5 Å². The topological polar surface area (TPSA) is 207 Å². The number of fused-ring (bicyclic) bond motifs is 3. The Morgan fingerprint density at radius 2 is 0.676 bits per heavy atom. The van der Waals surface area contributed by atoms with Crippen molar-refractivity contribution in [3.8, 4) is 108 Å². The zero-order valence-electron chi connectivity index (χ0n) is 37.1. The molecular formula is C57H47NO10. The lowest BCUT2D eigenvalue weighted by Crippen LogP contribution is -1.97. The smallest absolute Gasteiger partial charge is 0.208 e. The lowest BCUT2D eigenvalue weighted by atomic mass is 9.93. The number of hydrogen-bond acceptors (Lipinski definition) is 10. The van der Waals surface area contributed by atoms with Crippen molar-refractivity contribution in [2.75, 3.05) is 0 Å². The second kappa shape index (κ2) is 18.7. The molecule has 0 saturated carbocycles. The quantitative estimate of drug-likeness (QED) is 0.0584. The first-order valence-electron chi connectivity index (χ1n) is 21.4. The Kier molecular flexibility index (Phi) is 12.5. The third-order valence-electron chi connectivity index (χ3n) is 11.6. The molecule has 0 fully saturated rings. The van der Waals surface area contributed by atoms with Gasteiger partial charge in [-0.3, -0.25) is 0 Å². The van der Waals surface area contributed by atoms with Crippen LogP contribution in [0.25, 0.3) is 72.0 Å². The number of benzene rings is 9. The van der Waals surface area contributed by atoms with E-state index in [1.165, 1.54) is 29.3 Å². The minimum absolute atomic E-state index is 0.110. The van der Waals surface area contributed by atoms with Crippen molar-refractivity contribution in [2.24, 2.45) is 0 Å². The predicted molar refractivity (Wildman–Crippen MR) is 266 cm³/mol. The van der Waals surface area contributed by atoms with Crippen LogP contribution in [0.4, 0.5) is 0 Å². The molecule has 1 aromatic heterocycles. The van der Waals surface area contributed by atoms with Crippen molar-refractivity contribution in [2.45, 2.75) is 20.8 Å². The van der Waals surface area contributed by atoms with Crippen molar-refractivity contribution in [3.63, 3.8) is 0 Å². The molecule has 0 amide bonds. The van der Waals surface area contributed by atoms with Gasteiger partial charge in [0.05, 0.1) is 22.2 Å². The van der Waals surface area contributed by atoms with Crippen LogP contribution < -0.4 is 0 Å². The molecular weight excluding hydrogens is 859 g/mol. The fourth-order valence-electron chi connectivity index (χ4n) is 8.23. The number of aryl methyl sites for hydroxylation is 3. The monoisotopic (exact) mass is 905 g/mol. The van der Waals surface area contributed by atoms with Gasteiger partial charge in [-0.25, -0.2) is 0 Å². The molecule has 0 aliphatic carbocycles. The number of phenolic OH excluding ortho intramolecular Hbond substituents is 10. The second-order valence-corrected chi connectivity index (χ2v) is 16.3. The molecule has 11 nitrogen and oxygen atoms in total. The maximum atomic E-state index is 11.0. The molecule has 0 unspecified atom stereocenters. The molecule has 0 aliphatic heterocycles. The molecule has 10 rings (SSSR count). The summed E-state index contributed by atoms with van der Waals surface area (Å²) in [6.45, 7) is 6.19. The highest BCUT2D eigenvalue weighted by molar-refractivity contribution is 6.11. The molecule has 0 spiro atoms. The summed E-state index contributed by atoms with van der Waals surface area (Å²) in [5.41, 5.74) is 7.97. The lowest BCUT2D eigenvalue weighted by molar-refractivity contribution is 0.330. The molecule has 9 aromatic carbocycles. The van der Waals surface area contributed by atoms with Gasteiger partial charge in [0.1, 0.15) is 0 Å².